The molecular weight excluding hydrogens is 599 g/mol. The van der Waals surface area contributed by atoms with Gasteiger partial charge < -0.3 is 19.6 Å². The molecule has 42 heavy (non-hydrogen) atoms. The molecule has 0 atom stereocenters. The molecule has 0 aliphatic rings. The summed E-state index contributed by atoms with van der Waals surface area (Å²) in [5, 5.41) is 11.3. The summed E-state index contributed by atoms with van der Waals surface area (Å²) in [6.07, 6.45) is 0. The Morgan fingerprint density at radius 3 is 1.10 bits per heavy atom. The highest BCUT2D eigenvalue weighted by Crippen LogP contribution is 2.33. The Balaban J connectivity index is 0.00000144. The van der Waals surface area contributed by atoms with Crippen LogP contribution < -0.4 is 71.6 Å². The molecule has 0 amide bonds. The molecule has 0 fully saturated rings. The molecule has 0 bridgehead atoms. The van der Waals surface area contributed by atoms with E-state index in [1.807, 2.05) is 47.1 Å². The molecule has 0 radical (unpaired) electrons. The van der Waals surface area contributed by atoms with Gasteiger partial charge in [0.15, 0.2) is 0 Å². The number of rotatable bonds is 9. The average Bonchev–Trinajstić information content (AvgIpc) is 3.42. The van der Waals surface area contributed by atoms with Crippen molar-refractivity contribution in [1.29, 1.82) is 0 Å². The maximum absolute atomic E-state index is 8.49. The summed E-state index contributed by atoms with van der Waals surface area (Å²) in [6, 6.07) is 1.51. The standard InChI is InChI=1S/C24H46N8.2ClHO4/c1-15(2)30(16(3)4)19-20(31(17(5)6)18(7)8)21(19)32-25-23(28(11)12)22(27(9)10)24(26-32)29(13)14;2*2-1(3,4)5/h15-18H,1-14H3;2*(H,2,3,4,5)/q+2;;/p-2. The van der Waals surface area contributed by atoms with Crippen molar-refractivity contribution in [3.63, 3.8) is 0 Å². The van der Waals surface area contributed by atoms with E-state index in [2.05, 4.69) is 79.6 Å². The molecule has 0 aliphatic heterocycles. The first-order valence-electron chi connectivity index (χ1n) is 13.0. The van der Waals surface area contributed by atoms with E-state index in [-0.39, 0.29) is 0 Å². The second-order valence-corrected chi connectivity index (χ2v) is 12.7. The minimum absolute atomic E-state index is 0.377. The zero-order valence-electron chi connectivity index (χ0n) is 26.9. The number of hydrogen-bond acceptors (Lipinski definition) is 14. The molecular formula is C24H46Cl2N8O8. The van der Waals surface area contributed by atoms with Gasteiger partial charge in [-0.2, -0.15) is 0 Å². The van der Waals surface area contributed by atoms with Crippen LogP contribution in [0.4, 0.5) is 23.0 Å². The molecule has 0 spiro atoms. The summed E-state index contributed by atoms with van der Waals surface area (Å²) in [7, 11) is 2.34. The fourth-order valence-corrected chi connectivity index (χ4v) is 4.56. The topological polar surface area (TPSA) is 230 Å². The van der Waals surface area contributed by atoms with E-state index < -0.39 is 20.5 Å². The summed E-state index contributed by atoms with van der Waals surface area (Å²) in [6.45, 7) is 18.1. The van der Waals surface area contributed by atoms with Gasteiger partial charge in [-0.05, 0) is 55.4 Å². The van der Waals surface area contributed by atoms with E-state index in [0.29, 0.717) is 24.2 Å². The van der Waals surface area contributed by atoms with Gasteiger partial charge in [-0.15, -0.1) is 20.5 Å². The highest BCUT2D eigenvalue weighted by Gasteiger charge is 2.48. The van der Waals surface area contributed by atoms with Gasteiger partial charge in [0.2, 0.25) is 17.3 Å². The van der Waals surface area contributed by atoms with Gasteiger partial charge in [0.05, 0.1) is 15.0 Å². The summed E-state index contributed by atoms with van der Waals surface area (Å²) in [5.74, 6) is 1.79. The SMILES string of the molecule is CC(C)N(c1c(-[n+]2nc(N(C)C)c(N(C)C)c(N(C)C)n2)c1=[N+](C(C)C)C(C)C)C(C)C.[O-][Cl+3]([O-])([O-])[O-].[O-][Cl+3]([O-])([O-])[O-]. The highest BCUT2D eigenvalue weighted by molar-refractivity contribution is 5.78. The molecule has 0 N–H and O–H groups in total. The van der Waals surface area contributed by atoms with Crippen LogP contribution in [-0.2, 0) is 0 Å². The van der Waals surface area contributed by atoms with Crippen LogP contribution in [0.5, 0.6) is 0 Å². The normalized spacial score (nSPS) is 12.0. The lowest BCUT2D eigenvalue weighted by molar-refractivity contribution is -2.00. The minimum atomic E-state index is -4.94. The molecule has 1 aromatic carbocycles. The fourth-order valence-electron chi connectivity index (χ4n) is 4.56. The molecule has 0 saturated heterocycles. The molecule has 1 heterocycles. The third-order valence-electron chi connectivity index (χ3n) is 5.65. The second-order valence-electron chi connectivity index (χ2n) is 11.2. The van der Waals surface area contributed by atoms with E-state index in [1.165, 1.54) is 11.0 Å². The first kappa shape index (κ1) is 39.9. The van der Waals surface area contributed by atoms with Gasteiger partial charge >= 0.3 is 11.0 Å². The molecule has 0 aliphatic carbocycles. The predicted molar refractivity (Wildman–Crippen MR) is 137 cm³/mol. The maximum Gasteiger partial charge on any atom is 0.371 e. The van der Waals surface area contributed by atoms with Crippen LogP contribution in [-0.4, -0.2) is 76.7 Å². The number of hydrogen-bond donors (Lipinski definition) is 0. The second kappa shape index (κ2) is 15.6. The molecule has 2 aromatic rings. The molecule has 0 unspecified atom stereocenters. The van der Waals surface area contributed by atoms with Crippen molar-refractivity contribution in [1.82, 2.24) is 14.8 Å². The highest BCUT2D eigenvalue weighted by atomic mass is 35.7. The van der Waals surface area contributed by atoms with Gasteiger partial charge in [0, 0.05) is 54.4 Å². The molecule has 244 valence electrons. The van der Waals surface area contributed by atoms with Crippen LogP contribution in [0.15, 0.2) is 0 Å². The van der Waals surface area contributed by atoms with E-state index in [9.17, 15) is 0 Å². The smallest absolute Gasteiger partial charge is 0.371 e. The summed E-state index contributed by atoms with van der Waals surface area (Å²) < 4.78 is 70.4. The molecule has 1 aromatic heterocycles. The summed E-state index contributed by atoms with van der Waals surface area (Å²) >= 11 is 0. The summed E-state index contributed by atoms with van der Waals surface area (Å²) in [5.41, 5.74) is 3.37. The first-order valence-corrected chi connectivity index (χ1v) is 15.5. The lowest BCUT2D eigenvalue weighted by atomic mass is 10.2. The van der Waals surface area contributed by atoms with Gasteiger partial charge in [0.25, 0.3) is 0 Å². The molecule has 0 saturated carbocycles. The Morgan fingerprint density at radius 1 is 0.571 bits per heavy atom. The average molecular weight is 646 g/mol. The zero-order valence-corrected chi connectivity index (χ0v) is 28.4. The minimum Gasteiger partial charge on any atom is -0.371 e. The molecule has 16 nitrogen and oxygen atoms in total. The van der Waals surface area contributed by atoms with E-state index >= 15 is 0 Å². The fraction of sp³-hybridized carbons (Fsp3) is 0.750. The Morgan fingerprint density at radius 2 is 0.881 bits per heavy atom. The van der Waals surface area contributed by atoms with Gasteiger partial charge in [-0.25, -0.2) is 41.8 Å². The van der Waals surface area contributed by atoms with Crippen molar-refractivity contribution in [2.75, 3.05) is 61.9 Å². The van der Waals surface area contributed by atoms with E-state index in [0.717, 1.165) is 23.0 Å². The molecule has 18 heteroatoms. The van der Waals surface area contributed by atoms with Crippen LogP contribution in [0.1, 0.15) is 55.4 Å². The number of nitrogens with zero attached hydrogens (tertiary/aromatic N) is 8. The van der Waals surface area contributed by atoms with Crippen molar-refractivity contribution in [2.45, 2.75) is 79.6 Å². The zero-order chi connectivity index (χ0) is 33.7. The Bertz CT molecular complexity index is 1080. The maximum atomic E-state index is 8.49. The van der Waals surface area contributed by atoms with Gasteiger partial charge in [-0.1, -0.05) is 0 Å². The van der Waals surface area contributed by atoms with Crippen molar-refractivity contribution in [3.8, 4) is 5.69 Å². The Hall–Kier alpha value is -2.12. The number of halogens is 2. The third kappa shape index (κ3) is 12.6. The van der Waals surface area contributed by atoms with Crippen molar-refractivity contribution >= 4 is 23.0 Å². The van der Waals surface area contributed by atoms with Crippen molar-refractivity contribution in [3.05, 3.63) is 5.36 Å². The lowest BCUT2D eigenvalue weighted by Gasteiger charge is -2.28. The first-order chi connectivity index (χ1) is 18.7. The van der Waals surface area contributed by atoms with E-state index in [4.69, 9.17) is 47.5 Å². The Labute approximate surface area is 252 Å². The number of anilines is 4. The van der Waals surface area contributed by atoms with Crippen molar-refractivity contribution in [2.24, 2.45) is 0 Å². The lowest BCUT2D eigenvalue weighted by Crippen LogP contribution is -2.68. The van der Waals surface area contributed by atoms with E-state index in [1.54, 1.807) is 0 Å². The Kier molecular flexibility index (Phi) is 14.8. The quantitative estimate of drug-likeness (QED) is 0.231. The number of aromatic nitrogens is 3. The van der Waals surface area contributed by atoms with Crippen molar-refractivity contribution < 1.29 is 62.6 Å². The summed E-state index contributed by atoms with van der Waals surface area (Å²) in [4.78, 5) is 10.6. The van der Waals surface area contributed by atoms with Crippen LogP contribution in [0, 0.1) is 20.5 Å². The largest absolute Gasteiger partial charge is 0.371 e. The van der Waals surface area contributed by atoms with Crippen LogP contribution in [0.3, 0.4) is 0 Å². The molecule has 2 rings (SSSR count). The predicted octanol–water partition coefficient (Wildman–Crippen LogP) is -7.47. The van der Waals surface area contributed by atoms with Crippen LogP contribution in [0.2, 0.25) is 0 Å². The van der Waals surface area contributed by atoms with Gasteiger partial charge in [0.1, 0.15) is 17.8 Å². The van der Waals surface area contributed by atoms with Crippen LogP contribution >= 0.6 is 0 Å². The van der Waals surface area contributed by atoms with Gasteiger partial charge in [-0.3, -0.25) is 0 Å². The third-order valence-corrected chi connectivity index (χ3v) is 5.65. The monoisotopic (exact) mass is 644 g/mol. The van der Waals surface area contributed by atoms with Crippen LogP contribution in [0.25, 0.3) is 5.69 Å².